The largest absolute Gasteiger partial charge is 0.397 e. The van der Waals surface area contributed by atoms with Gasteiger partial charge in [-0.3, -0.25) is 4.79 Å². The molecule has 0 heterocycles. The van der Waals surface area contributed by atoms with Crippen molar-refractivity contribution in [3.63, 3.8) is 0 Å². The average molecular weight is 294 g/mol. The van der Waals surface area contributed by atoms with Crippen molar-refractivity contribution >= 4 is 17.3 Å². The van der Waals surface area contributed by atoms with Crippen molar-refractivity contribution in [2.45, 2.75) is 38.1 Å². The molecule has 0 aromatic heterocycles. The minimum Gasteiger partial charge on any atom is -0.397 e. The highest BCUT2D eigenvalue weighted by molar-refractivity contribution is 6.08. The van der Waals surface area contributed by atoms with Crippen molar-refractivity contribution in [2.24, 2.45) is 0 Å². The van der Waals surface area contributed by atoms with Gasteiger partial charge in [-0.1, -0.05) is 49.6 Å². The second-order valence-electron chi connectivity index (χ2n) is 5.89. The first-order chi connectivity index (χ1) is 10.8. The fourth-order valence-electron chi connectivity index (χ4n) is 3.24. The van der Waals surface area contributed by atoms with Crippen LogP contribution in [0.5, 0.6) is 0 Å². The zero-order valence-electron chi connectivity index (χ0n) is 12.7. The minimum atomic E-state index is 0.0467. The quantitative estimate of drug-likeness (QED) is 0.860. The number of carbonyl (C=O) groups is 1. The van der Waals surface area contributed by atoms with Crippen LogP contribution in [0.15, 0.2) is 54.6 Å². The number of hydrogen-bond acceptors (Lipinski definition) is 2. The molecule has 0 atom stereocenters. The summed E-state index contributed by atoms with van der Waals surface area (Å²) in [4.78, 5) is 15.0. The summed E-state index contributed by atoms with van der Waals surface area (Å²) in [5, 5.41) is 0. The number of nitrogen functional groups attached to an aromatic ring is 1. The first-order valence-electron chi connectivity index (χ1n) is 8.00. The average Bonchev–Trinajstić information content (AvgIpc) is 2.58. The van der Waals surface area contributed by atoms with Crippen LogP contribution in [0, 0.1) is 0 Å². The summed E-state index contributed by atoms with van der Waals surface area (Å²) in [7, 11) is 0. The van der Waals surface area contributed by atoms with Crippen molar-refractivity contribution < 1.29 is 4.79 Å². The molecule has 3 heteroatoms. The third kappa shape index (κ3) is 2.98. The van der Waals surface area contributed by atoms with Gasteiger partial charge in [0, 0.05) is 11.6 Å². The van der Waals surface area contributed by atoms with E-state index in [1.165, 1.54) is 19.3 Å². The van der Waals surface area contributed by atoms with Crippen LogP contribution < -0.4 is 10.6 Å². The third-order valence-corrected chi connectivity index (χ3v) is 4.38. The Balaban J connectivity index is 1.99. The van der Waals surface area contributed by atoms with E-state index in [0.717, 1.165) is 24.1 Å². The summed E-state index contributed by atoms with van der Waals surface area (Å²) >= 11 is 0. The molecule has 3 nitrogen and oxygen atoms in total. The second-order valence-corrected chi connectivity index (χ2v) is 5.89. The first kappa shape index (κ1) is 14.6. The van der Waals surface area contributed by atoms with E-state index in [2.05, 4.69) is 0 Å². The second kappa shape index (κ2) is 6.65. The van der Waals surface area contributed by atoms with Crippen LogP contribution in [-0.2, 0) is 0 Å². The summed E-state index contributed by atoms with van der Waals surface area (Å²) in [6.07, 6.45) is 5.71. The van der Waals surface area contributed by atoms with E-state index in [1.54, 1.807) is 0 Å². The maximum atomic E-state index is 13.1. The molecule has 1 amide bonds. The van der Waals surface area contributed by atoms with Gasteiger partial charge < -0.3 is 10.6 Å². The number of nitrogens with two attached hydrogens (primary N) is 1. The van der Waals surface area contributed by atoms with Crippen molar-refractivity contribution in [1.82, 2.24) is 0 Å². The lowest BCUT2D eigenvalue weighted by Gasteiger charge is -2.35. The van der Waals surface area contributed by atoms with Gasteiger partial charge in [0.25, 0.3) is 5.91 Å². The SMILES string of the molecule is Nc1ccccc1N(C(=O)c1ccccc1)C1CCCCC1. The number of amides is 1. The van der Waals surface area contributed by atoms with E-state index >= 15 is 0 Å². The minimum absolute atomic E-state index is 0.0467. The molecule has 0 saturated heterocycles. The highest BCUT2D eigenvalue weighted by Crippen LogP contribution is 2.32. The van der Waals surface area contributed by atoms with Gasteiger partial charge in [0.1, 0.15) is 0 Å². The first-order valence-corrected chi connectivity index (χ1v) is 8.00. The van der Waals surface area contributed by atoms with Crippen molar-refractivity contribution in [3.8, 4) is 0 Å². The Morgan fingerprint density at radius 3 is 2.23 bits per heavy atom. The van der Waals surface area contributed by atoms with Gasteiger partial charge in [0.05, 0.1) is 11.4 Å². The zero-order chi connectivity index (χ0) is 15.4. The molecule has 0 unspecified atom stereocenters. The summed E-state index contributed by atoms with van der Waals surface area (Å²) in [5.41, 5.74) is 8.37. The van der Waals surface area contributed by atoms with E-state index < -0.39 is 0 Å². The van der Waals surface area contributed by atoms with E-state index in [-0.39, 0.29) is 11.9 Å². The van der Waals surface area contributed by atoms with Gasteiger partial charge in [-0.15, -0.1) is 0 Å². The molecule has 1 aliphatic rings. The molecule has 0 spiro atoms. The lowest BCUT2D eigenvalue weighted by atomic mass is 9.93. The van der Waals surface area contributed by atoms with Crippen molar-refractivity contribution in [1.29, 1.82) is 0 Å². The Morgan fingerprint density at radius 1 is 0.909 bits per heavy atom. The highest BCUT2D eigenvalue weighted by atomic mass is 16.2. The molecule has 2 aromatic rings. The molecule has 3 rings (SSSR count). The number of carbonyl (C=O) groups excluding carboxylic acids is 1. The van der Waals surface area contributed by atoms with E-state index in [1.807, 2.05) is 59.5 Å². The van der Waals surface area contributed by atoms with Crippen LogP contribution in [0.25, 0.3) is 0 Å². The third-order valence-electron chi connectivity index (χ3n) is 4.38. The fraction of sp³-hybridized carbons (Fsp3) is 0.316. The molecule has 0 bridgehead atoms. The molecular weight excluding hydrogens is 272 g/mol. The normalized spacial score (nSPS) is 15.5. The molecule has 114 valence electrons. The molecular formula is C19H22N2O. The number of hydrogen-bond donors (Lipinski definition) is 1. The van der Waals surface area contributed by atoms with Crippen LogP contribution in [0.4, 0.5) is 11.4 Å². The summed E-state index contributed by atoms with van der Waals surface area (Å²) in [5.74, 6) is 0.0467. The smallest absolute Gasteiger partial charge is 0.258 e. The molecule has 22 heavy (non-hydrogen) atoms. The van der Waals surface area contributed by atoms with Gasteiger partial charge >= 0.3 is 0 Å². The summed E-state index contributed by atoms with van der Waals surface area (Å²) < 4.78 is 0. The van der Waals surface area contributed by atoms with Crippen LogP contribution in [0.3, 0.4) is 0 Å². The maximum absolute atomic E-state index is 13.1. The molecule has 1 saturated carbocycles. The molecule has 1 aliphatic carbocycles. The van der Waals surface area contributed by atoms with Crippen molar-refractivity contribution in [2.75, 3.05) is 10.6 Å². The molecule has 1 fully saturated rings. The zero-order valence-corrected chi connectivity index (χ0v) is 12.7. The van der Waals surface area contributed by atoms with E-state index in [4.69, 9.17) is 5.73 Å². The van der Waals surface area contributed by atoms with Gasteiger partial charge in [-0.25, -0.2) is 0 Å². The van der Waals surface area contributed by atoms with Gasteiger partial charge in [0.15, 0.2) is 0 Å². The van der Waals surface area contributed by atoms with E-state index in [0.29, 0.717) is 5.69 Å². The van der Waals surface area contributed by atoms with Crippen LogP contribution in [-0.4, -0.2) is 11.9 Å². The molecule has 2 aromatic carbocycles. The van der Waals surface area contributed by atoms with E-state index in [9.17, 15) is 4.79 Å². The Morgan fingerprint density at radius 2 is 1.55 bits per heavy atom. The standard InChI is InChI=1S/C19H22N2O/c20-17-13-7-8-14-18(17)21(16-11-5-2-6-12-16)19(22)15-9-3-1-4-10-15/h1,3-4,7-10,13-14,16H,2,5-6,11-12,20H2. The fourth-order valence-corrected chi connectivity index (χ4v) is 3.24. The number of rotatable bonds is 3. The number of anilines is 2. The maximum Gasteiger partial charge on any atom is 0.258 e. The number of para-hydroxylation sites is 2. The van der Waals surface area contributed by atoms with Crippen molar-refractivity contribution in [3.05, 3.63) is 60.2 Å². The van der Waals surface area contributed by atoms with Crippen LogP contribution >= 0.6 is 0 Å². The number of nitrogens with zero attached hydrogens (tertiary/aromatic N) is 1. The van der Waals surface area contributed by atoms with Crippen LogP contribution in [0.1, 0.15) is 42.5 Å². The predicted molar refractivity (Wildman–Crippen MR) is 91.0 cm³/mol. The monoisotopic (exact) mass is 294 g/mol. The number of benzene rings is 2. The Hall–Kier alpha value is -2.29. The molecule has 0 aliphatic heterocycles. The van der Waals surface area contributed by atoms with Gasteiger partial charge in [-0.2, -0.15) is 0 Å². The Labute approximate surface area is 131 Å². The molecule has 0 radical (unpaired) electrons. The topological polar surface area (TPSA) is 46.3 Å². The predicted octanol–water partition coefficient (Wildman–Crippen LogP) is 4.25. The van der Waals surface area contributed by atoms with Gasteiger partial charge in [0.2, 0.25) is 0 Å². The van der Waals surface area contributed by atoms with Gasteiger partial charge in [-0.05, 0) is 37.1 Å². The molecule has 2 N–H and O–H groups in total. The van der Waals surface area contributed by atoms with Crippen LogP contribution in [0.2, 0.25) is 0 Å². The lowest BCUT2D eigenvalue weighted by molar-refractivity contribution is 0.0970. The highest BCUT2D eigenvalue weighted by Gasteiger charge is 2.28. The summed E-state index contributed by atoms with van der Waals surface area (Å²) in [6, 6.07) is 17.4. The lowest BCUT2D eigenvalue weighted by Crippen LogP contribution is -2.42. The summed E-state index contributed by atoms with van der Waals surface area (Å²) in [6.45, 7) is 0. The Bertz CT molecular complexity index is 633. The Kier molecular flexibility index (Phi) is 4.42.